The number of likely N-dealkylation sites (tertiary alicyclic amines) is 2. The van der Waals surface area contributed by atoms with Gasteiger partial charge in [-0.3, -0.25) is 14.2 Å². The van der Waals surface area contributed by atoms with E-state index in [2.05, 4.69) is 98.0 Å². The molecule has 0 radical (unpaired) electrons. The molecule has 10 rings (SSSR count). The molecule has 0 bridgehead atoms. The van der Waals surface area contributed by atoms with Gasteiger partial charge in [0.05, 0.1) is 66.2 Å². The van der Waals surface area contributed by atoms with Crippen LogP contribution in [0.2, 0.25) is 0 Å². The number of nitrogens with one attached hydrogen (secondary N) is 4. The van der Waals surface area contributed by atoms with E-state index in [4.69, 9.17) is 24.2 Å². The van der Waals surface area contributed by atoms with Crippen molar-refractivity contribution in [1.82, 2.24) is 44.9 Å². The number of aromatic amines is 2. The van der Waals surface area contributed by atoms with Crippen LogP contribution in [0.4, 0.5) is 9.59 Å². The number of ether oxygens (including phenoxy) is 3. The maximum absolute atomic E-state index is 13.8. The monoisotopic (exact) mass is 937 g/mol. The van der Waals surface area contributed by atoms with Crippen molar-refractivity contribution in [3.8, 4) is 39.5 Å². The topological polar surface area (TPSA) is 189 Å². The third-order valence-corrected chi connectivity index (χ3v) is 14.7. The minimum absolute atomic E-state index is 0.131. The van der Waals surface area contributed by atoms with Crippen LogP contribution in [0.3, 0.4) is 0 Å². The molecule has 4 N–H and O–H groups in total. The van der Waals surface area contributed by atoms with Gasteiger partial charge in [-0.15, -0.1) is 11.3 Å². The number of methoxy groups -OCH3 is 2. The van der Waals surface area contributed by atoms with E-state index in [0.29, 0.717) is 24.7 Å². The molecule has 7 aromatic rings. The van der Waals surface area contributed by atoms with Gasteiger partial charge in [0.15, 0.2) is 0 Å². The van der Waals surface area contributed by atoms with Gasteiger partial charge in [0.25, 0.3) is 0 Å². The van der Waals surface area contributed by atoms with Crippen LogP contribution in [-0.4, -0.2) is 97.7 Å². The first-order chi connectivity index (χ1) is 32.9. The summed E-state index contributed by atoms with van der Waals surface area (Å²) in [5, 5.41) is 7.63. The number of hydrogen-bond acceptors (Lipinski definition) is 10. The van der Waals surface area contributed by atoms with Crippen LogP contribution in [0.25, 0.3) is 54.8 Å². The van der Waals surface area contributed by atoms with Crippen LogP contribution in [0, 0.1) is 11.8 Å². The van der Waals surface area contributed by atoms with Crippen LogP contribution in [0.5, 0.6) is 5.75 Å². The number of aromatic nitrogens is 5. The Bertz CT molecular complexity index is 3020. The quantitative estimate of drug-likeness (QED) is 0.0980. The Balaban J connectivity index is 0.962. The molecule has 0 spiro atoms. The molecule has 7 heterocycles. The van der Waals surface area contributed by atoms with Gasteiger partial charge in [0.2, 0.25) is 18.0 Å². The lowest BCUT2D eigenvalue weighted by Crippen LogP contribution is -2.51. The molecule has 17 heteroatoms. The number of benzene rings is 3. The number of fused-ring (bicyclic) bond motifs is 6. The van der Waals surface area contributed by atoms with Crippen molar-refractivity contribution in [3.63, 3.8) is 0 Å². The smallest absolute Gasteiger partial charge is 0.407 e. The number of amides is 4. The molecule has 4 amide bonds. The summed E-state index contributed by atoms with van der Waals surface area (Å²) in [4.78, 5) is 73.3. The van der Waals surface area contributed by atoms with Gasteiger partial charge in [0.1, 0.15) is 29.5 Å². The summed E-state index contributed by atoms with van der Waals surface area (Å²) in [5.41, 5.74) is 6.46. The molecular formula is C51H55N9O7S. The van der Waals surface area contributed by atoms with Gasteiger partial charge in [-0.1, -0.05) is 58.0 Å². The third kappa shape index (κ3) is 8.11. The molecular weight excluding hydrogens is 883 g/mol. The fourth-order valence-electron chi connectivity index (χ4n) is 10.0. The Hall–Kier alpha value is -7.14. The molecule has 3 aliphatic rings. The van der Waals surface area contributed by atoms with E-state index in [1.165, 1.54) is 18.9 Å². The second-order valence-corrected chi connectivity index (χ2v) is 19.6. The van der Waals surface area contributed by atoms with Crippen molar-refractivity contribution in [3.05, 3.63) is 102 Å². The normalized spacial score (nSPS) is 18.7. The van der Waals surface area contributed by atoms with Crippen molar-refractivity contribution < 1.29 is 33.4 Å². The molecule has 3 aromatic carbocycles. The average Bonchev–Trinajstić information content (AvgIpc) is 4.20. The van der Waals surface area contributed by atoms with Crippen molar-refractivity contribution in [2.75, 3.05) is 27.3 Å². The van der Waals surface area contributed by atoms with E-state index in [9.17, 15) is 19.2 Å². The van der Waals surface area contributed by atoms with Gasteiger partial charge in [0, 0.05) is 39.9 Å². The number of rotatable bonds is 11. The lowest BCUT2D eigenvalue weighted by atomic mass is 10.0. The summed E-state index contributed by atoms with van der Waals surface area (Å²) >= 11 is 1.71. The molecule has 2 fully saturated rings. The van der Waals surface area contributed by atoms with Gasteiger partial charge >= 0.3 is 12.2 Å². The second-order valence-electron chi connectivity index (χ2n) is 18.5. The van der Waals surface area contributed by atoms with E-state index in [1.54, 1.807) is 11.3 Å². The third-order valence-electron chi connectivity index (χ3n) is 13.6. The van der Waals surface area contributed by atoms with Crippen molar-refractivity contribution in [2.24, 2.45) is 11.8 Å². The zero-order valence-corrected chi connectivity index (χ0v) is 39.7. The largest absolute Gasteiger partial charge is 0.464 e. The Morgan fingerprint density at radius 3 is 1.87 bits per heavy atom. The highest BCUT2D eigenvalue weighted by atomic mass is 32.1. The predicted molar refractivity (Wildman–Crippen MR) is 259 cm³/mol. The SMILES string of the molecule is COC(=O)N[C@H](C(=O)N1CCC[C@H]1c1ncc(-c2ccc3c(c2)OC(c2cc4ccccc4s2)n2c-3cc3cc(-c4cnc([C@@H]5CCCN5C(=O)[C@@H](NC(=O)OC)C(C)C)[nH]4)ccc32)[nH]1)C(C)C. The van der Waals surface area contributed by atoms with Crippen LogP contribution >= 0.6 is 11.3 Å². The molecule has 3 aliphatic heterocycles. The Morgan fingerprint density at radius 1 is 0.721 bits per heavy atom. The number of alkyl carbamates (subject to hydrolysis) is 2. The fourth-order valence-corrected chi connectivity index (χ4v) is 11.1. The molecule has 0 aliphatic carbocycles. The van der Waals surface area contributed by atoms with Gasteiger partial charge in [-0.25, -0.2) is 19.6 Å². The minimum Gasteiger partial charge on any atom is -0.464 e. The van der Waals surface area contributed by atoms with Gasteiger partial charge in [-0.2, -0.15) is 0 Å². The van der Waals surface area contributed by atoms with Crippen LogP contribution in [0.1, 0.15) is 88.2 Å². The zero-order chi connectivity index (χ0) is 47.4. The van der Waals surface area contributed by atoms with Crippen molar-refractivity contribution in [1.29, 1.82) is 0 Å². The van der Waals surface area contributed by atoms with E-state index < -0.39 is 30.5 Å². The summed E-state index contributed by atoms with van der Waals surface area (Å²) < 4.78 is 20.2. The van der Waals surface area contributed by atoms with E-state index in [1.807, 2.05) is 49.9 Å². The molecule has 16 nitrogen and oxygen atoms in total. The number of thiophene rings is 1. The maximum Gasteiger partial charge on any atom is 0.407 e. The zero-order valence-electron chi connectivity index (χ0n) is 38.9. The summed E-state index contributed by atoms with van der Waals surface area (Å²) in [7, 11) is 2.59. The number of hydrogen-bond donors (Lipinski definition) is 4. The predicted octanol–water partition coefficient (Wildman–Crippen LogP) is 9.33. The molecule has 5 atom stereocenters. The number of nitrogens with zero attached hydrogens (tertiary/aromatic N) is 5. The lowest BCUT2D eigenvalue weighted by molar-refractivity contribution is -0.136. The first-order valence-corrected chi connectivity index (χ1v) is 24.1. The summed E-state index contributed by atoms with van der Waals surface area (Å²) in [5.74, 6) is 1.55. The summed E-state index contributed by atoms with van der Waals surface area (Å²) in [6.07, 6.45) is 5.06. The van der Waals surface area contributed by atoms with Crippen LogP contribution in [-0.2, 0) is 19.1 Å². The van der Waals surface area contributed by atoms with Crippen molar-refractivity contribution in [2.45, 2.75) is 83.8 Å². The Labute approximate surface area is 397 Å². The first kappa shape index (κ1) is 44.7. The Morgan fingerprint density at radius 2 is 1.29 bits per heavy atom. The van der Waals surface area contributed by atoms with Gasteiger partial charge in [-0.05, 0) is 85.4 Å². The standard InChI is InChI=1S/C51H55N9O7S/c1-27(2)43(56-50(63)65-5)47(61)58-19-9-12-37(58)45-52-25-34(54-45)29-16-18-36-32(21-29)22-39-33-17-15-30(23-40(33)67-49(60(36)39)42-24-31-11-7-8-14-41(31)68-42)35-26-53-46(55-35)38-13-10-20-59(38)48(62)44(28(3)4)57-51(64)66-6/h7-8,11,14-18,21-28,37-38,43-44,49H,9-10,12-13,19-20H2,1-6H3,(H,52,54)(H,53,55)(H,56,63)(H,57,64)/t37-,38-,43-,44-,49?/m0/s1. The average molecular weight is 938 g/mol. The summed E-state index contributed by atoms with van der Waals surface area (Å²) in [6.45, 7) is 8.75. The highest BCUT2D eigenvalue weighted by Gasteiger charge is 2.39. The van der Waals surface area contributed by atoms with Crippen molar-refractivity contribution >= 4 is 56.3 Å². The molecule has 0 saturated carbocycles. The van der Waals surface area contributed by atoms with E-state index >= 15 is 0 Å². The fraction of sp³-hybridized carbons (Fsp3) is 0.373. The highest BCUT2D eigenvalue weighted by Crippen LogP contribution is 2.48. The maximum atomic E-state index is 13.8. The Kier molecular flexibility index (Phi) is 11.9. The lowest BCUT2D eigenvalue weighted by Gasteiger charge is -2.30. The van der Waals surface area contributed by atoms with E-state index in [-0.39, 0.29) is 35.7 Å². The summed E-state index contributed by atoms with van der Waals surface area (Å²) in [6, 6.07) is 23.4. The van der Waals surface area contributed by atoms with Crippen LogP contribution < -0.4 is 15.4 Å². The van der Waals surface area contributed by atoms with E-state index in [0.717, 1.165) is 86.4 Å². The number of carbonyl (C=O) groups excluding carboxylic acids is 4. The molecule has 2 saturated heterocycles. The highest BCUT2D eigenvalue weighted by molar-refractivity contribution is 7.19. The molecule has 1 unspecified atom stereocenters. The second kappa shape index (κ2) is 18.2. The first-order valence-electron chi connectivity index (χ1n) is 23.3. The number of carbonyl (C=O) groups is 4. The number of H-pyrrole nitrogens is 2. The minimum atomic E-state index is -0.723. The van der Waals surface area contributed by atoms with Gasteiger partial charge < -0.3 is 44.6 Å². The van der Waals surface area contributed by atoms with Crippen LogP contribution in [0.15, 0.2) is 85.2 Å². The molecule has 68 heavy (non-hydrogen) atoms. The number of imidazole rings is 2. The molecule has 4 aromatic heterocycles. The molecule has 352 valence electrons.